The summed E-state index contributed by atoms with van der Waals surface area (Å²) in [6.45, 7) is 4.20. The quantitative estimate of drug-likeness (QED) is 0.681. The maximum atomic E-state index is 13.7. The Bertz CT molecular complexity index is 628. The molecular weight excluding hydrogens is 286 g/mol. The number of hydrogen-bond donors (Lipinski definition) is 1. The molecule has 1 aromatic carbocycles. The average molecular weight is 298 g/mol. The third kappa shape index (κ3) is 2.93. The maximum absolute atomic E-state index is 13.7. The summed E-state index contributed by atoms with van der Waals surface area (Å²) in [5.74, 6) is -1.94. The number of thiophene rings is 1. The highest BCUT2D eigenvalue weighted by Crippen LogP contribution is 2.27. The fourth-order valence-electron chi connectivity index (χ4n) is 1.75. The van der Waals surface area contributed by atoms with Crippen LogP contribution >= 0.6 is 11.3 Å². The molecule has 0 spiro atoms. The predicted octanol–water partition coefficient (Wildman–Crippen LogP) is 4.16. The third-order valence-electron chi connectivity index (χ3n) is 2.89. The van der Waals surface area contributed by atoms with Gasteiger partial charge in [-0.1, -0.05) is 0 Å². The van der Waals surface area contributed by atoms with Crippen LogP contribution in [0.1, 0.15) is 15.3 Å². The van der Waals surface area contributed by atoms with Crippen LogP contribution in [-0.4, -0.2) is 4.92 Å². The van der Waals surface area contributed by atoms with Crippen molar-refractivity contribution in [1.82, 2.24) is 0 Å². The third-order valence-corrected chi connectivity index (χ3v) is 4.05. The van der Waals surface area contributed by atoms with Gasteiger partial charge in [0.2, 0.25) is 0 Å². The average Bonchev–Trinajstić information content (AvgIpc) is 2.67. The molecule has 2 aromatic rings. The van der Waals surface area contributed by atoms with Crippen molar-refractivity contribution in [2.24, 2.45) is 0 Å². The van der Waals surface area contributed by atoms with Gasteiger partial charge in [0.15, 0.2) is 11.6 Å². The summed E-state index contributed by atoms with van der Waals surface area (Å²) in [5, 5.41) is 13.1. The minimum atomic E-state index is -0.971. The predicted molar refractivity (Wildman–Crippen MR) is 74.1 cm³/mol. The zero-order chi connectivity index (χ0) is 14.9. The SMILES string of the molecule is Cc1cc(CNc2c(F)cc([N+](=O)[O-])cc2F)sc1C. The molecule has 2 rings (SSSR count). The van der Waals surface area contributed by atoms with Gasteiger partial charge < -0.3 is 5.32 Å². The molecule has 20 heavy (non-hydrogen) atoms. The Labute approximate surface area is 118 Å². The number of nitro benzene ring substituents is 1. The van der Waals surface area contributed by atoms with Crippen LogP contribution in [0.4, 0.5) is 20.2 Å². The van der Waals surface area contributed by atoms with Crippen molar-refractivity contribution in [3.05, 3.63) is 55.3 Å². The van der Waals surface area contributed by atoms with E-state index in [0.717, 1.165) is 15.3 Å². The van der Waals surface area contributed by atoms with Crippen LogP contribution in [0.5, 0.6) is 0 Å². The molecule has 0 bridgehead atoms. The Hall–Kier alpha value is -2.02. The standard InChI is InChI=1S/C13H12F2N2O2S/c1-7-3-10(20-8(7)2)6-16-13-11(14)4-9(17(18)19)5-12(13)15/h3-5,16H,6H2,1-2H3. The van der Waals surface area contributed by atoms with Gasteiger partial charge >= 0.3 is 0 Å². The molecule has 4 nitrogen and oxygen atoms in total. The first-order chi connectivity index (χ1) is 9.38. The summed E-state index contributed by atoms with van der Waals surface area (Å²) in [4.78, 5) is 11.7. The second kappa shape index (κ2) is 5.54. The molecule has 106 valence electrons. The number of anilines is 1. The molecule has 1 aromatic heterocycles. The number of hydrogen-bond acceptors (Lipinski definition) is 4. The zero-order valence-corrected chi connectivity index (χ0v) is 11.7. The van der Waals surface area contributed by atoms with E-state index in [1.165, 1.54) is 11.3 Å². The topological polar surface area (TPSA) is 55.2 Å². The van der Waals surface area contributed by atoms with Gasteiger partial charge in [-0.15, -0.1) is 11.3 Å². The van der Waals surface area contributed by atoms with Crippen LogP contribution in [0.25, 0.3) is 0 Å². The number of halogens is 2. The molecule has 0 aliphatic rings. The van der Waals surface area contributed by atoms with Gasteiger partial charge in [0.25, 0.3) is 5.69 Å². The second-order valence-corrected chi connectivity index (χ2v) is 5.69. The molecule has 0 fully saturated rings. The van der Waals surface area contributed by atoms with Crippen molar-refractivity contribution < 1.29 is 13.7 Å². The van der Waals surface area contributed by atoms with Crippen molar-refractivity contribution in [2.45, 2.75) is 20.4 Å². The monoisotopic (exact) mass is 298 g/mol. The molecule has 1 heterocycles. The molecule has 7 heteroatoms. The number of non-ortho nitro benzene ring substituents is 1. The van der Waals surface area contributed by atoms with Crippen LogP contribution < -0.4 is 5.32 Å². The van der Waals surface area contributed by atoms with E-state index in [4.69, 9.17) is 0 Å². The van der Waals surface area contributed by atoms with E-state index in [-0.39, 0.29) is 12.2 Å². The molecule has 0 atom stereocenters. The van der Waals surface area contributed by atoms with Crippen LogP contribution in [0.15, 0.2) is 18.2 Å². The highest BCUT2D eigenvalue weighted by molar-refractivity contribution is 7.12. The van der Waals surface area contributed by atoms with E-state index in [2.05, 4.69) is 5.32 Å². The number of aryl methyl sites for hydroxylation is 2. The summed E-state index contributed by atoms with van der Waals surface area (Å²) in [7, 11) is 0. The highest BCUT2D eigenvalue weighted by Gasteiger charge is 2.17. The van der Waals surface area contributed by atoms with Gasteiger partial charge in [-0.05, 0) is 25.5 Å². The fourth-order valence-corrected chi connectivity index (χ4v) is 2.74. The molecule has 0 amide bonds. The number of benzene rings is 1. The lowest BCUT2D eigenvalue weighted by molar-refractivity contribution is -0.385. The second-order valence-electron chi connectivity index (χ2n) is 4.35. The first kappa shape index (κ1) is 14.4. The van der Waals surface area contributed by atoms with Gasteiger partial charge in [0.1, 0.15) is 5.69 Å². The molecule has 0 radical (unpaired) electrons. The minimum absolute atomic E-state index is 0.269. The largest absolute Gasteiger partial charge is 0.375 e. The molecular formula is C13H12F2N2O2S. The van der Waals surface area contributed by atoms with Crippen molar-refractivity contribution in [3.63, 3.8) is 0 Å². The van der Waals surface area contributed by atoms with E-state index in [1.807, 2.05) is 19.9 Å². The molecule has 0 unspecified atom stereocenters. The first-order valence-electron chi connectivity index (χ1n) is 5.81. The molecule has 0 aliphatic heterocycles. The Balaban J connectivity index is 2.19. The zero-order valence-electron chi connectivity index (χ0n) is 10.9. The van der Waals surface area contributed by atoms with Crippen molar-refractivity contribution >= 4 is 22.7 Å². The Morgan fingerprint density at radius 1 is 1.25 bits per heavy atom. The van der Waals surface area contributed by atoms with Crippen molar-refractivity contribution in [2.75, 3.05) is 5.32 Å². The van der Waals surface area contributed by atoms with Crippen molar-refractivity contribution in [3.8, 4) is 0 Å². The lowest BCUT2D eigenvalue weighted by atomic mass is 10.2. The Morgan fingerprint density at radius 2 is 1.85 bits per heavy atom. The van der Waals surface area contributed by atoms with Crippen LogP contribution in [0.2, 0.25) is 0 Å². The molecule has 0 aliphatic carbocycles. The van der Waals surface area contributed by atoms with Crippen LogP contribution in [-0.2, 0) is 6.54 Å². The highest BCUT2D eigenvalue weighted by atomic mass is 32.1. The summed E-state index contributed by atoms with van der Waals surface area (Å²) in [5.41, 5.74) is 0.170. The van der Waals surface area contributed by atoms with Gasteiger partial charge in [-0.25, -0.2) is 8.78 Å². The summed E-state index contributed by atoms with van der Waals surface area (Å²) in [6.07, 6.45) is 0. The molecule has 1 N–H and O–H groups in total. The molecule has 0 saturated carbocycles. The van der Waals surface area contributed by atoms with E-state index >= 15 is 0 Å². The number of nitro groups is 1. The maximum Gasteiger partial charge on any atom is 0.275 e. The van der Waals surface area contributed by atoms with E-state index in [0.29, 0.717) is 12.1 Å². The summed E-state index contributed by atoms with van der Waals surface area (Å²) in [6, 6.07) is 3.35. The van der Waals surface area contributed by atoms with Crippen molar-refractivity contribution in [1.29, 1.82) is 0 Å². The lowest BCUT2D eigenvalue weighted by Crippen LogP contribution is -2.04. The normalized spacial score (nSPS) is 10.6. The minimum Gasteiger partial charge on any atom is -0.375 e. The number of nitrogens with one attached hydrogen (secondary N) is 1. The Kier molecular flexibility index (Phi) is 3.99. The van der Waals surface area contributed by atoms with E-state index in [9.17, 15) is 18.9 Å². The number of nitrogens with zero attached hydrogens (tertiary/aromatic N) is 1. The fraction of sp³-hybridized carbons (Fsp3) is 0.231. The van der Waals surface area contributed by atoms with Crippen LogP contribution in [0, 0.1) is 35.6 Å². The van der Waals surface area contributed by atoms with Gasteiger partial charge in [-0.3, -0.25) is 10.1 Å². The lowest BCUT2D eigenvalue weighted by Gasteiger charge is -2.07. The van der Waals surface area contributed by atoms with E-state index in [1.54, 1.807) is 0 Å². The van der Waals surface area contributed by atoms with Gasteiger partial charge in [-0.2, -0.15) is 0 Å². The smallest absolute Gasteiger partial charge is 0.275 e. The summed E-state index contributed by atoms with van der Waals surface area (Å²) < 4.78 is 27.3. The first-order valence-corrected chi connectivity index (χ1v) is 6.63. The Morgan fingerprint density at radius 3 is 2.30 bits per heavy atom. The van der Waals surface area contributed by atoms with Gasteiger partial charge in [0.05, 0.1) is 17.1 Å². The van der Waals surface area contributed by atoms with E-state index < -0.39 is 22.2 Å². The number of rotatable bonds is 4. The van der Waals surface area contributed by atoms with Gasteiger partial charge in [0, 0.05) is 16.3 Å². The summed E-state index contributed by atoms with van der Waals surface area (Å²) >= 11 is 1.54. The molecule has 0 saturated heterocycles. The van der Waals surface area contributed by atoms with Crippen LogP contribution in [0.3, 0.4) is 0 Å².